The normalized spacial score (nSPS) is 40.0. The molecule has 4 rings (SSSR count). The lowest BCUT2D eigenvalue weighted by atomic mass is 9.93. The van der Waals surface area contributed by atoms with Gasteiger partial charge in [-0.15, -0.1) is 0 Å². The van der Waals surface area contributed by atoms with E-state index in [0.29, 0.717) is 11.9 Å². The summed E-state index contributed by atoms with van der Waals surface area (Å²) in [5, 5.41) is 7.86. The zero-order valence-electron chi connectivity index (χ0n) is 11.9. The molecule has 4 heteroatoms. The molecule has 1 N–H and O–H groups in total. The summed E-state index contributed by atoms with van der Waals surface area (Å²) in [4.78, 5) is 15.0. The van der Waals surface area contributed by atoms with Crippen LogP contribution >= 0.6 is 11.3 Å². The monoisotopic (exact) mass is 290 g/mol. The Bertz CT molecular complexity index is 501. The fourth-order valence-electron chi connectivity index (χ4n) is 4.54. The van der Waals surface area contributed by atoms with E-state index in [1.165, 1.54) is 31.2 Å². The van der Waals surface area contributed by atoms with Crippen molar-refractivity contribution in [2.75, 3.05) is 0 Å². The van der Waals surface area contributed by atoms with E-state index in [-0.39, 0.29) is 12.2 Å². The van der Waals surface area contributed by atoms with Gasteiger partial charge in [-0.25, -0.2) is 0 Å². The van der Waals surface area contributed by atoms with E-state index in [2.05, 4.69) is 34.0 Å². The van der Waals surface area contributed by atoms with Gasteiger partial charge in [-0.05, 0) is 59.9 Å². The minimum Gasteiger partial charge on any atom is -0.318 e. The molecular weight excluding hydrogens is 268 g/mol. The summed E-state index contributed by atoms with van der Waals surface area (Å²) in [6, 6.07) is 2.66. The Kier molecular flexibility index (Phi) is 3.11. The smallest absolute Gasteiger partial charge is 0.241 e. The molecule has 1 aliphatic heterocycles. The highest BCUT2D eigenvalue weighted by Gasteiger charge is 2.50. The lowest BCUT2D eigenvalue weighted by Crippen LogP contribution is -2.43. The van der Waals surface area contributed by atoms with Gasteiger partial charge in [0.1, 0.15) is 6.17 Å². The van der Waals surface area contributed by atoms with E-state index in [4.69, 9.17) is 0 Å². The highest BCUT2D eigenvalue weighted by atomic mass is 32.1. The number of nitrogens with one attached hydrogen (secondary N) is 1. The number of hydrogen-bond donors (Lipinski definition) is 1. The number of carbonyl (C=O) groups excluding carboxylic acids is 1. The molecular formula is C16H22N2OS. The third-order valence-corrected chi connectivity index (χ3v) is 6.22. The highest BCUT2D eigenvalue weighted by molar-refractivity contribution is 7.07. The first kappa shape index (κ1) is 12.8. The van der Waals surface area contributed by atoms with Crippen LogP contribution in [0, 0.1) is 11.8 Å². The fourth-order valence-corrected chi connectivity index (χ4v) is 5.21. The Balaban J connectivity index is 1.65. The Hall–Kier alpha value is -0.870. The maximum absolute atomic E-state index is 12.8. The van der Waals surface area contributed by atoms with E-state index in [9.17, 15) is 4.79 Å². The number of rotatable bonds is 3. The maximum atomic E-state index is 12.8. The maximum Gasteiger partial charge on any atom is 0.241 e. The molecule has 3 aliphatic rings. The van der Waals surface area contributed by atoms with Crippen LogP contribution in [-0.4, -0.2) is 22.9 Å². The molecule has 2 bridgehead atoms. The van der Waals surface area contributed by atoms with Crippen LogP contribution in [0.1, 0.15) is 50.8 Å². The number of carbonyl (C=O) groups is 1. The summed E-state index contributed by atoms with van der Waals surface area (Å²) in [6.07, 6.45) is 6.29. The van der Waals surface area contributed by atoms with Crippen molar-refractivity contribution in [1.29, 1.82) is 0 Å². The standard InChI is InChI=1S/C16H22N2OS/c1-2-13-16(19)18(14-8-10-3-4-11(14)7-10)15(17-13)12-5-6-20-9-12/h5-6,9-11,13-15,17H,2-4,7-8H2,1H3. The van der Waals surface area contributed by atoms with Crippen LogP contribution in [0.4, 0.5) is 0 Å². The predicted octanol–water partition coefficient (Wildman–Crippen LogP) is 3.15. The average molecular weight is 290 g/mol. The van der Waals surface area contributed by atoms with Crippen LogP contribution < -0.4 is 5.32 Å². The average Bonchev–Trinajstić information content (AvgIpc) is 3.22. The minimum absolute atomic E-state index is 0.0130. The molecule has 0 spiro atoms. The first-order chi connectivity index (χ1) is 9.78. The SMILES string of the molecule is CCC1NC(c2ccsc2)N(C2CC3CCC2C3)C1=O. The van der Waals surface area contributed by atoms with Gasteiger partial charge in [-0.2, -0.15) is 11.3 Å². The number of fused-ring (bicyclic) bond motifs is 2. The molecule has 1 saturated heterocycles. The van der Waals surface area contributed by atoms with Gasteiger partial charge in [0.2, 0.25) is 5.91 Å². The van der Waals surface area contributed by atoms with Crippen molar-refractivity contribution in [2.24, 2.45) is 11.8 Å². The second-order valence-corrected chi connectivity index (χ2v) is 7.35. The van der Waals surface area contributed by atoms with Crippen molar-refractivity contribution in [3.8, 4) is 0 Å². The fraction of sp³-hybridized carbons (Fsp3) is 0.688. The van der Waals surface area contributed by atoms with Crippen molar-refractivity contribution in [2.45, 2.75) is 57.3 Å². The summed E-state index contributed by atoms with van der Waals surface area (Å²) >= 11 is 1.72. The van der Waals surface area contributed by atoms with Gasteiger partial charge < -0.3 is 4.90 Å². The number of amides is 1. The zero-order valence-corrected chi connectivity index (χ0v) is 12.7. The molecule has 1 amide bonds. The molecule has 2 heterocycles. The molecule has 2 saturated carbocycles. The molecule has 3 nitrogen and oxygen atoms in total. The predicted molar refractivity (Wildman–Crippen MR) is 80.4 cm³/mol. The Morgan fingerprint density at radius 3 is 2.90 bits per heavy atom. The Morgan fingerprint density at radius 2 is 2.30 bits per heavy atom. The molecule has 20 heavy (non-hydrogen) atoms. The Labute approximate surface area is 124 Å². The summed E-state index contributed by atoms with van der Waals surface area (Å²) in [7, 11) is 0. The van der Waals surface area contributed by atoms with E-state index in [1.54, 1.807) is 11.3 Å². The third-order valence-electron chi connectivity index (χ3n) is 5.52. The van der Waals surface area contributed by atoms with Crippen LogP contribution in [0.5, 0.6) is 0 Å². The van der Waals surface area contributed by atoms with E-state index < -0.39 is 0 Å². The Morgan fingerprint density at radius 1 is 1.40 bits per heavy atom. The van der Waals surface area contributed by atoms with Gasteiger partial charge in [0.05, 0.1) is 6.04 Å². The zero-order chi connectivity index (χ0) is 13.7. The van der Waals surface area contributed by atoms with Crippen molar-refractivity contribution in [1.82, 2.24) is 10.2 Å². The van der Waals surface area contributed by atoms with Crippen molar-refractivity contribution < 1.29 is 4.79 Å². The molecule has 2 aliphatic carbocycles. The van der Waals surface area contributed by atoms with E-state index in [1.807, 2.05) is 0 Å². The van der Waals surface area contributed by atoms with Crippen LogP contribution in [0.2, 0.25) is 0 Å². The van der Waals surface area contributed by atoms with E-state index in [0.717, 1.165) is 18.3 Å². The van der Waals surface area contributed by atoms with Crippen molar-refractivity contribution in [3.63, 3.8) is 0 Å². The lowest BCUT2D eigenvalue weighted by molar-refractivity contribution is -0.133. The molecule has 5 unspecified atom stereocenters. The van der Waals surface area contributed by atoms with Crippen molar-refractivity contribution in [3.05, 3.63) is 22.4 Å². The van der Waals surface area contributed by atoms with E-state index >= 15 is 0 Å². The quantitative estimate of drug-likeness (QED) is 0.927. The van der Waals surface area contributed by atoms with Gasteiger partial charge in [0.25, 0.3) is 0 Å². The summed E-state index contributed by atoms with van der Waals surface area (Å²) < 4.78 is 0. The summed E-state index contributed by atoms with van der Waals surface area (Å²) in [5.74, 6) is 1.96. The van der Waals surface area contributed by atoms with Crippen LogP contribution in [0.15, 0.2) is 16.8 Å². The van der Waals surface area contributed by atoms with Gasteiger partial charge in [-0.3, -0.25) is 10.1 Å². The second-order valence-electron chi connectivity index (χ2n) is 6.57. The van der Waals surface area contributed by atoms with Crippen LogP contribution in [0.25, 0.3) is 0 Å². The first-order valence-corrected chi connectivity index (χ1v) is 8.82. The number of hydrogen-bond acceptors (Lipinski definition) is 3. The molecule has 108 valence electrons. The largest absolute Gasteiger partial charge is 0.318 e. The molecule has 1 aromatic heterocycles. The van der Waals surface area contributed by atoms with Gasteiger partial charge in [0.15, 0.2) is 0 Å². The summed E-state index contributed by atoms with van der Waals surface area (Å²) in [5.41, 5.74) is 1.27. The van der Waals surface area contributed by atoms with Gasteiger partial charge >= 0.3 is 0 Å². The second kappa shape index (κ2) is 4.85. The van der Waals surface area contributed by atoms with Gasteiger partial charge in [0, 0.05) is 6.04 Å². The minimum atomic E-state index is 0.0130. The van der Waals surface area contributed by atoms with Crippen LogP contribution in [0.3, 0.4) is 0 Å². The van der Waals surface area contributed by atoms with Gasteiger partial charge in [-0.1, -0.05) is 13.3 Å². The third kappa shape index (κ3) is 1.85. The van der Waals surface area contributed by atoms with Crippen LogP contribution in [-0.2, 0) is 4.79 Å². The topological polar surface area (TPSA) is 32.3 Å². The number of thiophene rings is 1. The number of nitrogens with zero attached hydrogens (tertiary/aromatic N) is 1. The lowest BCUT2D eigenvalue weighted by Gasteiger charge is -2.35. The molecule has 5 atom stereocenters. The van der Waals surface area contributed by atoms with Crippen molar-refractivity contribution >= 4 is 17.2 Å². The summed E-state index contributed by atoms with van der Waals surface area (Å²) in [6.45, 7) is 2.10. The molecule has 0 radical (unpaired) electrons. The molecule has 3 fully saturated rings. The highest BCUT2D eigenvalue weighted by Crippen LogP contribution is 2.49. The molecule has 0 aromatic carbocycles. The molecule has 1 aromatic rings. The first-order valence-electron chi connectivity index (χ1n) is 7.88.